The molecule has 0 radical (unpaired) electrons. The number of ether oxygens (including phenoxy) is 1. The van der Waals surface area contributed by atoms with Crippen LogP contribution in [0, 0.1) is 0 Å². The summed E-state index contributed by atoms with van der Waals surface area (Å²) in [7, 11) is 0. The van der Waals surface area contributed by atoms with Crippen molar-refractivity contribution >= 4 is 0 Å². The molecular formula is C15H24N2O3. The minimum Gasteiger partial charge on any atom is -0.508 e. The van der Waals surface area contributed by atoms with Crippen LogP contribution < -0.4 is 5.32 Å². The Labute approximate surface area is 120 Å². The summed E-state index contributed by atoms with van der Waals surface area (Å²) in [6.45, 7) is 8.62. The molecule has 2 unspecified atom stereocenters. The summed E-state index contributed by atoms with van der Waals surface area (Å²) < 4.78 is 5.34. The van der Waals surface area contributed by atoms with Crippen LogP contribution in [0.3, 0.4) is 0 Å². The van der Waals surface area contributed by atoms with Crippen LogP contribution in [0.5, 0.6) is 11.5 Å². The van der Waals surface area contributed by atoms with Crippen molar-refractivity contribution in [3.63, 3.8) is 0 Å². The van der Waals surface area contributed by atoms with E-state index < -0.39 is 0 Å². The summed E-state index contributed by atoms with van der Waals surface area (Å²) in [6.07, 6.45) is 0. The number of phenolic OH excluding ortho intramolecular Hbond substituents is 2. The molecule has 0 bridgehead atoms. The van der Waals surface area contributed by atoms with Gasteiger partial charge < -0.3 is 20.3 Å². The summed E-state index contributed by atoms with van der Waals surface area (Å²) in [4.78, 5) is 2.37. The minimum atomic E-state index is -0.0156. The highest BCUT2D eigenvalue weighted by molar-refractivity contribution is 5.40. The fraction of sp³-hybridized carbons (Fsp3) is 0.600. The number of hydrogen-bond donors (Lipinski definition) is 3. The van der Waals surface area contributed by atoms with Gasteiger partial charge in [-0.25, -0.2) is 0 Å². The first kappa shape index (κ1) is 15.1. The minimum absolute atomic E-state index is 0.0156. The van der Waals surface area contributed by atoms with Crippen molar-refractivity contribution in [3.05, 3.63) is 23.8 Å². The van der Waals surface area contributed by atoms with Crippen molar-refractivity contribution in [2.45, 2.75) is 25.9 Å². The molecule has 1 aliphatic rings. The number of hydrogen-bond acceptors (Lipinski definition) is 5. The molecule has 2 rings (SSSR count). The van der Waals surface area contributed by atoms with E-state index in [2.05, 4.69) is 17.1 Å². The van der Waals surface area contributed by atoms with Gasteiger partial charge in [0.1, 0.15) is 11.5 Å². The molecule has 1 aliphatic heterocycles. The molecule has 1 aromatic rings. The Kier molecular flexibility index (Phi) is 5.23. The highest BCUT2D eigenvalue weighted by atomic mass is 16.5. The van der Waals surface area contributed by atoms with E-state index in [4.69, 9.17) is 4.74 Å². The van der Waals surface area contributed by atoms with E-state index in [0.717, 1.165) is 38.4 Å². The fourth-order valence-electron chi connectivity index (χ4n) is 2.63. The Morgan fingerprint density at radius 3 is 2.65 bits per heavy atom. The van der Waals surface area contributed by atoms with Gasteiger partial charge in [0, 0.05) is 37.3 Å². The van der Waals surface area contributed by atoms with Crippen molar-refractivity contribution in [2.75, 3.05) is 32.8 Å². The van der Waals surface area contributed by atoms with Gasteiger partial charge in [-0.3, -0.25) is 4.90 Å². The lowest BCUT2D eigenvalue weighted by atomic mass is 10.1. The van der Waals surface area contributed by atoms with E-state index in [9.17, 15) is 10.2 Å². The van der Waals surface area contributed by atoms with E-state index in [1.54, 1.807) is 6.07 Å². The Morgan fingerprint density at radius 1 is 1.25 bits per heavy atom. The quantitative estimate of drug-likeness (QED) is 0.713. The molecule has 112 valence electrons. The average Bonchev–Trinajstić information content (AvgIpc) is 2.42. The van der Waals surface area contributed by atoms with Gasteiger partial charge in [0.15, 0.2) is 0 Å². The van der Waals surface area contributed by atoms with E-state index in [-0.39, 0.29) is 17.5 Å². The summed E-state index contributed by atoms with van der Waals surface area (Å²) in [5.41, 5.74) is 0.721. The standard InChI is InChI=1S/C15H24N2O3/c1-11(10-17-5-7-20-8-6-17)16-12(2)14-9-13(18)3-4-15(14)19/h3-4,9,11-12,16,18-19H,5-8,10H2,1-2H3. The molecule has 3 N–H and O–H groups in total. The molecule has 1 aromatic carbocycles. The molecule has 5 nitrogen and oxygen atoms in total. The maximum Gasteiger partial charge on any atom is 0.120 e. The number of aromatic hydroxyl groups is 2. The van der Waals surface area contributed by atoms with Crippen LogP contribution in [0.15, 0.2) is 18.2 Å². The first-order valence-corrected chi connectivity index (χ1v) is 7.14. The predicted octanol–water partition coefficient (Wildman–Crippen LogP) is 1.47. The van der Waals surface area contributed by atoms with Gasteiger partial charge in [0.25, 0.3) is 0 Å². The van der Waals surface area contributed by atoms with Crippen molar-refractivity contribution < 1.29 is 14.9 Å². The van der Waals surface area contributed by atoms with Gasteiger partial charge in [0.2, 0.25) is 0 Å². The van der Waals surface area contributed by atoms with E-state index >= 15 is 0 Å². The molecular weight excluding hydrogens is 256 g/mol. The highest BCUT2D eigenvalue weighted by Crippen LogP contribution is 2.27. The Balaban J connectivity index is 1.89. The third kappa shape index (κ3) is 4.10. The van der Waals surface area contributed by atoms with E-state index in [0.29, 0.717) is 6.04 Å². The highest BCUT2D eigenvalue weighted by Gasteiger charge is 2.17. The SMILES string of the molecule is CC(CN1CCOCC1)NC(C)c1cc(O)ccc1O. The zero-order chi connectivity index (χ0) is 14.5. The Hall–Kier alpha value is -1.30. The largest absolute Gasteiger partial charge is 0.508 e. The van der Waals surface area contributed by atoms with Crippen LogP contribution >= 0.6 is 0 Å². The van der Waals surface area contributed by atoms with Crippen LogP contribution in [0.25, 0.3) is 0 Å². The Morgan fingerprint density at radius 2 is 1.95 bits per heavy atom. The second kappa shape index (κ2) is 6.92. The van der Waals surface area contributed by atoms with Gasteiger partial charge in [0.05, 0.1) is 13.2 Å². The lowest BCUT2D eigenvalue weighted by Gasteiger charge is -2.30. The Bertz CT molecular complexity index is 433. The number of nitrogens with zero attached hydrogens (tertiary/aromatic N) is 1. The van der Waals surface area contributed by atoms with Crippen molar-refractivity contribution in [2.24, 2.45) is 0 Å². The van der Waals surface area contributed by atoms with Crippen LogP contribution in [-0.4, -0.2) is 54.0 Å². The third-order valence-corrected chi connectivity index (χ3v) is 3.65. The van der Waals surface area contributed by atoms with E-state index in [1.165, 1.54) is 12.1 Å². The molecule has 2 atom stereocenters. The maximum absolute atomic E-state index is 9.86. The lowest BCUT2D eigenvalue weighted by molar-refractivity contribution is 0.0339. The predicted molar refractivity (Wildman–Crippen MR) is 78.0 cm³/mol. The first-order chi connectivity index (χ1) is 9.56. The maximum atomic E-state index is 9.86. The van der Waals surface area contributed by atoms with Crippen LogP contribution in [0.4, 0.5) is 0 Å². The topological polar surface area (TPSA) is 65.0 Å². The molecule has 0 amide bonds. The van der Waals surface area contributed by atoms with Gasteiger partial charge in [-0.05, 0) is 32.0 Å². The summed E-state index contributed by atoms with van der Waals surface area (Å²) in [6, 6.07) is 4.90. The molecule has 20 heavy (non-hydrogen) atoms. The van der Waals surface area contributed by atoms with Gasteiger partial charge in [-0.15, -0.1) is 0 Å². The summed E-state index contributed by atoms with van der Waals surface area (Å²) in [5, 5.41) is 22.8. The normalized spacial score (nSPS) is 19.7. The molecule has 5 heteroatoms. The van der Waals surface area contributed by atoms with Crippen LogP contribution in [0.2, 0.25) is 0 Å². The summed E-state index contributed by atoms with van der Waals surface area (Å²) >= 11 is 0. The number of nitrogens with one attached hydrogen (secondary N) is 1. The summed E-state index contributed by atoms with van der Waals surface area (Å²) in [5.74, 6) is 0.383. The molecule has 0 saturated carbocycles. The number of rotatable bonds is 5. The third-order valence-electron chi connectivity index (χ3n) is 3.65. The molecule has 0 spiro atoms. The lowest BCUT2D eigenvalue weighted by Crippen LogP contribution is -2.44. The molecule has 0 aliphatic carbocycles. The molecule has 1 saturated heterocycles. The zero-order valence-electron chi connectivity index (χ0n) is 12.2. The number of phenols is 2. The van der Waals surface area contributed by atoms with Gasteiger partial charge in [-0.1, -0.05) is 0 Å². The molecule has 0 aromatic heterocycles. The molecule has 1 heterocycles. The van der Waals surface area contributed by atoms with Crippen molar-refractivity contribution in [1.29, 1.82) is 0 Å². The zero-order valence-corrected chi connectivity index (χ0v) is 12.2. The van der Waals surface area contributed by atoms with Crippen molar-refractivity contribution in [3.8, 4) is 11.5 Å². The van der Waals surface area contributed by atoms with Crippen LogP contribution in [0.1, 0.15) is 25.5 Å². The van der Waals surface area contributed by atoms with Gasteiger partial charge >= 0.3 is 0 Å². The van der Waals surface area contributed by atoms with Gasteiger partial charge in [-0.2, -0.15) is 0 Å². The average molecular weight is 280 g/mol. The second-order valence-electron chi connectivity index (χ2n) is 5.45. The number of morpholine rings is 1. The number of benzene rings is 1. The first-order valence-electron chi connectivity index (χ1n) is 7.14. The monoisotopic (exact) mass is 280 g/mol. The van der Waals surface area contributed by atoms with Crippen LogP contribution in [-0.2, 0) is 4.74 Å². The van der Waals surface area contributed by atoms with E-state index in [1.807, 2.05) is 6.92 Å². The van der Waals surface area contributed by atoms with Crippen molar-refractivity contribution in [1.82, 2.24) is 10.2 Å². The fourth-order valence-corrected chi connectivity index (χ4v) is 2.63. The molecule has 1 fully saturated rings. The smallest absolute Gasteiger partial charge is 0.120 e. The second-order valence-corrected chi connectivity index (χ2v) is 5.45.